The van der Waals surface area contributed by atoms with Crippen molar-refractivity contribution in [2.45, 2.75) is 34.1 Å². The fourth-order valence-corrected chi connectivity index (χ4v) is 3.37. The molecular weight excluding hydrogens is 338 g/mol. The van der Waals surface area contributed by atoms with Gasteiger partial charge in [0.05, 0.1) is 11.4 Å². The SMILES string of the molecule is CC.CC(C)C1=CC=C(c2cc(-c3ccccc3)nc(-c3ccccc3)c2)C1. The van der Waals surface area contributed by atoms with Crippen molar-refractivity contribution < 1.29 is 0 Å². The van der Waals surface area contributed by atoms with Gasteiger partial charge in [0.1, 0.15) is 0 Å². The maximum atomic E-state index is 4.96. The Hall–Kier alpha value is -2.93. The van der Waals surface area contributed by atoms with Crippen LogP contribution in [0.4, 0.5) is 0 Å². The minimum Gasteiger partial charge on any atom is -0.248 e. The summed E-state index contributed by atoms with van der Waals surface area (Å²) in [5.41, 5.74) is 8.51. The molecule has 1 heteroatoms. The van der Waals surface area contributed by atoms with Gasteiger partial charge in [0.2, 0.25) is 0 Å². The van der Waals surface area contributed by atoms with Crippen LogP contribution in [-0.2, 0) is 0 Å². The molecule has 0 spiro atoms. The maximum Gasteiger partial charge on any atom is 0.0715 e. The first-order valence-corrected chi connectivity index (χ1v) is 10.2. The fourth-order valence-electron chi connectivity index (χ4n) is 3.37. The van der Waals surface area contributed by atoms with Gasteiger partial charge >= 0.3 is 0 Å². The Morgan fingerprint density at radius 3 is 1.61 bits per heavy atom. The van der Waals surface area contributed by atoms with Gasteiger partial charge in [-0.3, -0.25) is 0 Å². The summed E-state index contributed by atoms with van der Waals surface area (Å²) in [6, 6.07) is 25.3. The molecule has 2 aromatic carbocycles. The Morgan fingerprint density at radius 1 is 0.679 bits per heavy atom. The van der Waals surface area contributed by atoms with Crippen molar-refractivity contribution in [3.8, 4) is 22.5 Å². The predicted molar refractivity (Wildman–Crippen MR) is 122 cm³/mol. The first-order chi connectivity index (χ1) is 13.7. The lowest BCUT2D eigenvalue weighted by Gasteiger charge is -2.12. The minimum absolute atomic E-state index is 0.591. The van der Waals surface area contributed by atoms with Gasteiger partial charge in [-0.25, -0.2) is 4.98 Å². The molecule has 0 saturated heterocycles. The molecule has 142 valence electrons. The van der Waals surface area contributed by atoms with Crippen LogP contribution in [-0.4, -0.2) is 4.98 Å². The van der Waals surface area contributed by atoms with Crippen molar-refractivity contribution in [1.82, 2.24) is 4.98 Å². The number of rotatable bonds is 4. The third kappa shape index (κ3) is 4.48. The number of hydrogen-bond acceptors (Lipinski definition) is 1. The number of pyridine rings is 1. The Labute approximate surface area is 169 Å². The summed E-state index contributed by atoms with van der Waals surface area (Å²) < 4.78 is 0. The van der Waals surface area contributed by atoms with E-state index in [2.05, 4.69) is 86.7 Å². The predicted octanol–water partition coefficient (Wildman–Crippen LogP) is 7.81. The Morgan fingerprint density at radius 2 is 1.18 bits per heavy atom. The van der Waals surface area contributed by atoms with E-state index >= 15 is 0 Å². The zero-order chi connectivity index (χ0) is 19.9. The summed E-state index contributed by atoms with van der Waals surface area (Å²) in [5, 5.41) is 0. The molecular formula is C27H29N. The zero-order valence-electron chi connectivity index (χ0n) is 17.3. The highest BCUT2D eigenvalue weighted by molar-refractivity contribution is 5.79. The molecule has 0 unspecified atom stereocenters. The quantitative estimate of drug-likeness (QED) is 0.458. The molecule has 0 atom stereocenters. The van der Waals surface area contributed by atoms with Crippen LogP contribution in [0.1, 0.15) is 39.7 Å². The third-order valence-corrected chi connectivity index (χ3v) is 4.97. The lowest BCUT2D eigenvalue weighted by Crippen LogP contribution is -1.95. The number of allylic oxidation sites excluding steroid dienone is 4. The van der Waals surface area contributed by atoms with Crippen molar-refractivity contribution >= 4 is 5.57 Å². The smallest absolute Gasteiger partial charge is 0.0715 e. The summed E-state index contributed by atoms with van der Waals surface area (Å²) in [6.45, 7) is 8.53. The Bertz CT molecular complexity index is 906. The molecule has 0 aliphatic heterocycles. The minimum atomic E-state index is 0.591. The van der Waals surface area contributed by atoms with Gasteiger partial charge in [0, 0.05) is 11.1 Å². The van der Waals surface area contributed by atoms with E-state index in [1.165, 1.54) is 16.7 Å². The van der Waals surface area contributed by atoms with Crippen LogP contribution in [0.25, 0.3) is 28.1 Å². The van der Waals surface area contributed by atoms with E-state index in [-0.39, 0.29) is 0 Å². The monoisotopic (exact) mass is 367 g/mol. The molecule has 4 rings (SSSR count). The summed E-state index contributed by atoms with van der Waals surface area (Å²) in [4.78, 5) is 4.96. The van der Waals surface area contributed by atoms with Gasteiger partial charge in [0.25, 0.3) is 0 Å². The molecule has 1 aliphatic rings. The standard InChI is InChI=1S/C25H23N.C2H6/c1-18(2)21-13-14-22(15-21)23-16-24(19-9-5-3-6-10-19)26-25(17-23)20-11-7-4-8-12-20;1-2/h3-14,16-18H,15H2,1-2H3;1-2H3. The van der Waals surface area contributed by atoms with E-state index in [9.17, 15) is 0 Å². The van der Waals surface area contributed by atoms with E-state index < -0.39 is 0 Å². The number of hydrogen-bond donors (Lipinski definition) is 0. The van der Waals surface area contributed by atoms with E-state index in [1.54, 1.807) is 0 Å². The average Bonchev–Trinajstić information content (AvgIpc) is 3.27. The lowest BCUT2D eigenvalue weighted by atomic mass is 9.95. The average molecular weight is 368 g/mol. The molecule has 28 heavy (non-hydrogen) atoms. The van der Waals surface area contributed by atoms with Crippen molar-refractivity contribution in [2.24, 2.45) is 5.92 Å². The molecule has 3 aromatic rings. The topological polar surface area (TPSA) is 12.9 Å². The van der Waals surface area contributed by atoms with Crippen molar-refractivity contribution in [3.63, 3.8) is 0 Å². The molecule has 1 heterocycles. The highest BCUT2D eigenvalue weighted by atomic mass is 14.7. The van der Waals surface area contributed by atoms with Crippen LogP contribution >= 0.6 is 0 Å². The summed E-state index contributed by atoms with van der Waals surface area (Å²) >= 11 is 0. The van der Waals surface area contributed by atoms with Gasteiger partial charge in [-0.2, -0.15) is 0 Å². The molecule has 1 aliphatic carbocycles. The van der Waals surface area contributed by atoms with Crippen molar-refractivity contribution in [2.75, 3.05) is 0 Å². The Kier molecular flexibility index (Phi) is 6.60. The lowest BCUT2D eigenvalue weighted by molar-refractivity contribution is 0.756. The van der Waals surface area contributed by atoms with Crippen molar-refractivity contribution in [3.05, 3.63) is 96.1 Å². The highest BCUT2D eigenvalue weighted by Gasteiger charge is 2.15. The van der Waals surface area contributed by atoms with E-state index in [0.717, 1.165) is 28.9 Å². The number of nitrogens with zero attached hydrogens (tertiary/aromatic N) is 1. The molecule has 0 saturated carbocycles. The van der Waals surface area contributed by atoms with E-state index in [1.807, 2.05) is 26.0 Å². The summed E-state index contributed by atoms with van der Waals surface area (Å²) in [7, 11) is 0. The fraction of sp³-hybridized carbons (Fsp3) is 0.222. The Balaban J connectivity index is 0.00000109. The van der Waals surface area contributed by atoms with Gasteiger partial charge in [-0.15, -0.1) is 0 Å². The van der Waals surface area contributed by atoms with Gasteiger partial charge < -0.3 is 0 Å². The largest absolute Gasteiger partial charge is 0.248 e. The third-order valence-electron chi connectivity index (χ3n) is 4.97. The van der Waals surface area contributed by atoms with Crippen molar-refractivity contribution in [1.29, 1.82) is 0 Å². The highest BCUT2D eigenvalue weighted by Crippen LogP contribution is 2.35. The number of benzene rings is 2. The van der Waals surface area contributed by atoms with Gasteiger partial charge in [-0.05, 0) is 35.6 Å². The first-order valence-electron chi connectivity index (χ1n) is 10.2. The molecule has 0 radical (unpaired) electrons. The van der Waals surface area contributed by atoms with Crippen LogP contribution in [0, 0.1) is 5.92 Å². The van der Waals surface area contributed by atoms with Crippen LogP contribution in [0.3, 0.4) is 0 Å². The van der Waals surface area contributed by atoms with Crippen LogP contribution in [0.15, 0.2) is 90.5 Å². The molecule has 0 N–H and O–H groups in total. The normalized spacial score (nSPS) is 12.9. The molecule has 0 amide bonds. The second kappa shape index (κ2) is 9.32. The van der Waals surface area contributed by atoms with Crippen LogP contribution in [0.2, 0.25) is 0 Å². The first kappa shape index (κ1) is 19.8. The summed E-state index contributed by atoms with van der Waals surface area (Å²) in [6.07, 6.45) is 5.59. The molecule has 0 fully saturated rings. The molecule has 1 aromatic heterocycles. The van der Waals surface area contributed by atoms with Crippen LogP contribution < -0.4 is 0 Å². The summed E-state index contributed by atoms with van der Waals surface area (Å²) in [5.74, 6) is 0.591. The van der Waals surface area contributed by atoms with Gasteiger partial charge in [-0.1, -0.05) is 106 Å². The second-order valence-corrected chi connectivity index (χ2v) is 7.12. The van der Waals surface area contributed by atoms with Crippen LogP contribution in [0.5, 0.6) is 0 Å². The molecule has 1 nitrogen and oxygen atoms in total. The number of aromatic nitrogens is 1. The van der Waals surface area contributed by atoms with E-state index in [4.69, 9.17) is 4.98 Å². The maximum absolute atomic E-state index is 4.96. The molecule has 0 bridgehead atoms. The second-order valence-electron chi connectivity index (χ2n) is 7.12. The van der Waals surface area contributed by atoms with E-state index in [0.29, 0.717) is 5.92 Å². The zero-order valence-corrected chi connectivity index (χ0v) is 17.3. The van der Waals surface area contributed by atoms with Gasteiger partial charge in [0.15, 0.2) is 0 Å².